The molecule has 1 heteroatoms. The molecule has 0 spiro atoms. The molecule has 0 aromatic carbocycles. The van der Waals surface area contributed by atoms with Gasteiger partial charge in [0.2, 0.25) is 0 Å². The van der Waals surface area contributed by atoms with Crippen molar-refractivity contribution in [2.24, 2.45) is 0 Å². The van der Waals surface area contributed by atoms with Crippen LogP contribution in [0.5, 0.6) is 0 Å². The highest BCUT2D eigenvalue weighted by Crippen LogP contribution is 2.06. The Balaban J connectivity index is 2.86. The van der Waals surface area contributed by atoms with Gasteiger partial charge in [-0.2, -0.15) is 0 Å². The Hall–Kier alpha value is -0.300. The minimum Gasteiger partial charge on any atom is -0.396 e. The molecule has 0 saturated heterocycles. The van der Waals surface area contributed by atoms with Crippen LogP contribution >= 0.6 is 0 Å². The van der Waals surface area contributed by atoms with E-state index in [2.05, 4.69) is 6.58 Å². The van der Waals surface area contributed by atoms with Crippen molar-refractivity contribution in [3.05, 3.63) is 12.7 Å². The van der Waals surface area contributed by atoms with E-state index in [4.69, 9.17) is 6.48 Å². The minimum atomic E-state index is -0.863. The average Bonchev–Trinajstić information content (AvgIpc) is 2.02. The Labute approximate surface area is 71.5 Å². The summed E-state index contributed by atoms with van der Waals surface area (Å²) in [6, 6.07) is 0. The number of allylic oxidation sites excluding steroid dienone is 1. The Bertz CT molecular complexity index is 102. The quantitative estimate of drug-likeness (QED) is 0.424. The summed E-state index contributed by atoms with van der Waals surface area (Å²) in [5.74, 6) is 0. The minimum absolute atomic E-state index is 0.626. The van der Waals surface area contributed by atoms with Gasteiger partial charge in [-0.3, -0.25) is 0 Å². The maximum absolute atomic E-state index is 8.65. The molecule has 0 heterocycles. The predicted molar refractivity (Wildman–Crippen MR) is 49.6 cm³/mol. The zero-order valence-corrected chi connectivity index (χ0v) is 7.26. The molecule has 11 heavy (non-hydrogen) atoms. The Kier molecular flexibility index (Phi) is 7.75. The second-order valence-corrected chi connectivity index (χ2v) is 2.82. The van der Waals surface area contributed by atoms with Crippen molar-refractivity contribution in [2.45, 2.75) is 44.9 Å². The van der Waals surface area contributed by atoms with Crippen molar-refractivity contribution < 1.29 is 6.48 Å². The number of aliphatic hydroxyl groups excluding tert-OH is 1. The Morgan fingerprint density at radius 2 is 1.64 bits per heavy atom. The van der Waals surface area contributed by atoms with Gasteiger partial charge in [0.15, 0.2) is 0 Å². The van der Waals surface area contributed by atoms with E-state index in [1.165, 1.54) is 19.3 Å². The summed E-state index contributed by atoms with van der Waals surface area (Å²) in [5, 5.41) is 8.65. The molecule has 1 atom stereocenters. The molecule has 66 valence electrons. The Morgan fingerprint density at radius 3 is 2.18 bits per heavy atom. The SMILES string of the molecule is [2H]C(O)CCCCCCCC=C. The second kappa shape index (κ2) is 9.70. The van der Waals surface area contributed by atoms with Crippen molar-refractivity contribution in [3.63, 3.8) is 0 Å². The van der Waals surface area contributed by atoms with Crippen molar-refractivity contribution >= 4 is 0 Å². The van der Waals surface area contributed by atoms with Gasteiger partial charge in [0, 0.05) is 6.58 Å². The highest BCUT2D eigenvalue weighted by atomic mass is 16.2. The van der Waals surface area contributed by atoms with Crippen LogP contribution in [-0.4, -0.2) is 11.7 Å². The van der Waals surface area contributed by atoms with Crippen LogP contribution in [0.3, 0.4) is 0 Å². The molecule has 0 bridgehead atoms. The maximum atomic E-state index is 8.65. The van der Waals surface area contributed by atoms with E-state index >= 15 is 0 Å². The van der Waals surface area contributed by atoms with Crippen LogP contribution in [0.1, 0.15) is 46.3 Å². The molecule has 0 rings (SSSR count). The van der Waals surface area contributed by atoms with Crippen molar-refractivity contribution in [2.75, 3.05) is 6.58 Å². The van der Waals surface area contributed by atoms with Crippen molar-refractivity contribution in [1.82, 2.24) is 0 Å². The summed E-state index contributed by atoms with van der Waals surface area (Å²) in [4.78, 5) is 0. The number of rotatable bonds is 8. The van der Waals surface area contributed by atoms with Crippen LogP contribution in [0.25, 0.3) is 0 Å². The third kappa shape index (κ3) is 9.70. The van der Waals surface area contributed by atoms with Gasteiger partial charge in [-0.05, 0) is 19.3 Å². The molecular formula is C10H20O. The summed E-state index contributed by atoms with van der Waals surface area (Å²) in [7, 11) is 0. The van der Waals surface area contributed by atoms with Gasteiger partial charge in [0.05, 0.1) is 1.37 Å². The standard InChI is InChI=1S/C10H20O/c1-2-3-4-5-6-7-8-9-10-11/h2,11H,1,3-10H2/i10D. The van der Waals surface area contributed by atoms with Crippen molar-refractivity contribution in [3.8, 4) is 0 Å². The third-order valence-corrected chi connectivity index (χ3v) is 1.74. The molecule has 0 saturated carbocycles. The lowest BCUT2D eigenvalue weighted by atomic mass is 10.1. The van der Waals surface area contributed by atoms with Crippen LogP contribution in [0, 0.1) is 0 Å². The van der Waals surface area contributed by atoms with Gasteiger partial charge in [-0.25, -0.2) is 0 Å². The number of unbranched alkanes of at least 4 members (excludes halogenated alkanes) is 5. The summed E-state index contributed by atoms with van der Waals surface area (Å²) in [6.45, 7) is 2.80. The molecule has 0 radical (unpaired) electrons. The normalized spacial score (nSPS) is 14.1. The van der Waals surface area contributed by atoms with Gasteiger partial charge in [0.25, 0.3) is 0 Å². The first-order valence-electron chi connectivity index (χ1n) is 5.06. The molecule has 0 aromatic rings. The molecule has 1 unspecified atom stereocenters. The van der Waals surface area contributed by atoms with E-state index in [0.717, 1.165) is 19.3 Å². The van der Waals surface area contributed by atoms with E-state index < -0.39 is 6.58 Å². The fourth-order valence-electron chi connectivity index (χ4n) is 1.05. The van der Waals surface area contributed by atoms with E-state index in [-0.39, 0.29) is 0 Å². The zero-order chi connectivity index (χ0) is 9.23. The number of hydrogen-bond donors (Lipinski definition) is 1. The number of hydrogen-bond acceptors (Lipinski definition) is 1. The lowest BCUT2D eigenvalue weighted by Gasteiger charge is -1.97. The van der Waals surface area contributed by atoms with Crippen molar-refractivity contribution in [1.29, 1.82) is 0 Å². The molecule has 0 aliphatic rings. The topological polar surface area (TPSA) is 20.2 Å². The highest BCUT2D eigenvalue weighted by Gasteiger charge is 1.88. The predicted octanol–water partition coefficient (Wildman–Crippen LogP) is 2.90. The molecule has 1 N–H and O–H groups in total. The van der Waals surface area contributed by atoms with Crippen LogP contribution in [-0.2, 0) is 0 Å². The van der Waals surface area contributed by atoms with Crippen LogP contribution in [0.4, 0.5) is 0 Å². The summed E-state index contributed by atoms with van der Waals surface area (Å²) < 4.78 is 6.87. The van der Waals surface area contributed by atoms with E-state index in [9.17, 15) is 0 Å². The fraction of sp³-hybridized carbons (Fsp3) is 0.800. The maximum Gasteiger partial charge on any atom is 0.0564 e. The third-order valence-electron chi connectivity index (χ3n) is 1.74. The first kappa shape index (κ1) is 8.79. The van der Waals surface area contributed by atoms with E-state index in [0.29, 0.717) is 6.42 Å². The highest BCUT2D eigenvalue weighted by molar-refractivity contribution is 4.65. The Morgan fingerprint density at radius 1 is 1.09 bits per heavy atom. The lowest BCUT2D eigenvalue weighted by Crippen LogP contribution is -1.83. The van der Waals surface area contributed by atoms with Gasteiger partial charge in [0.1, 0.15) is 0 Å². The van der Waals surface area contributed by atoms with Crippen LogP contribution in [0.2, 0.25) is 0 Å². The van der Waals surface area contributed by atoms with E-state index in [1.54, 1.807) is 0 Å². The van der Waals surface area contributed by atoms with Crippen LogP contribution in [0.15, 0.2) is 12.7 Å². The molecule has 0 aliphatic heterocycles. The molecule has 0 amide bonds. The smallest absolute Gasteiger partial charge is 0.0564 e. The molecule has 0 aromatic heterocycles. The van der Waals surface area contributed by atoms with Crippen LogP contribution < -0.4 is 0 Å². The van der Waals surface area contributed by atoms with Gasteiger partial charge in [-0.15, -0.1) is 6.58 Å². The molecular weight excluding hydrogens is 136 g/mol. The lowest BCUT2D eigenvalue weighted by molar-refractivity contribution is 0.282. The van der Waals surface area contributed by atoms with Gasteiger partial charge < -0.3 is 5.11 Å². The van der Waals surface area contributed by atoms with E-state index in [1.807, 2.05) is 6.08 Å². The monoisotopic (exact) mass is 157 g/mol. The summed E-state index contributed by atoms with van der Waals surface area (Å²) in [5.41, 5.74) is 0. The molecule has 1 nitrogen and oxygen atoms in total. The summed E-state index contributed by atoms with van der Waals surface area (Å²) in [6.07, 6.45) is 9.52. The fourth-order valence-corrected chi connectivity index (χ4v) is 1.05. The molecule has 0 fully saturated rings. The number of aliphatic hydroxyl groups is 1. The average molecular weight is 157 g/mol. The first-order chi connectivity index (χ1) is 5.77. The largest absolute Gasteiger partial charge is 0.396 e. The first-order valence-corrected chi connectivity index (χ1v) is 4.48. The van der Waals surface area contributed by atoms with Gasteiger partial charge >= 0.3 is 0 Å². The van der Waals surface area contributed by atoms with Gasteiger partial charge in [-0.1, -0.05) is 31.8 Å². The molecule has 0 aliphatic carbocycles. The summed E-state index contributed by atoms with van der Waals surface area (Å²) >= 11 is 0. The zero-order valence-electron chi connectivity index (χ0n) is 8.26. The second-order valence-electron chi connectivity index (χ2n) is 2.82.